The number of fused-ring (bicyclic) bond motifs is 5. The fraction of sp³-hybridized carbons (Fsp3) is 0. The summed E-state index contributed by atoms with van der Waals surface area (Å²) >= 11 is 0. The first-order chi connectivity index (χ1) is 29.7. The minimum atomic E-state index is 0.695. The van der Waals surface area contributed by atoms with Crippen molar-refractivity contribution < 1.29 is 0 Å². The summed E-state index contributed by atoms with van der Waals surface area (Å²) in [5.41, 5.74) is 15.0. The number of nitrogens with zero attached hydrogens (tertiary/aromatic N) is 4. The van der Waals surface area contributed by atoms with E-state index in [9.17, 15) is 0 Å². The minimum Gasteiger partial charge on any atom is -0.247 e. The van der Waals surface area contributed by atoms with Crippen molar-refractivity contribution in [3.63, 3.8) is 0 Å². The van der Waals surface area contributed by atoms with Gasteiger partial charge in [0.25, 0.3) is 0 Å². The van der Waals surface area contributed by atoms with Crippen LogP contribution in [0.15, 0.2) is 218 Å². The van der Waals surface area contributed by atoms with E-state index in [0.29, 0.717) is 5.82 Å². The smallest absolute Gasteiger partial charge is 0.160 e. The second kappa shape index (κ2) is 15.0. The molecule has 0 spiro atoms. The Morgan fingerprint density at radius 1 is 0.283 bits per heavy atom. The average Bonchev–Trinajstić information content (AvgIpc) is 3.34. The molecule has 8 aromatic carbocycles. The molecule has 0 aliphatic carbocycles. The SMILES string of the molecule is c1ccc(-c2ccc3ccc4c5ccc(-c6ccc(-c7c(-c8ccccc8)nc(-c8ccccc8)nc7-c7ccccc7)cc6)cc5nc(-c5ccccc5)c4c3n2)cc1. The number of rotatable bonds is 7. The van der Waals surface area contributed by atoms with Gasteiger partial charge in [0.05, 0.1) is 33.8 Å². The molecule has 0 fully saturated rings. The molecule has 0 saturated carbocycles. The average molecular weight is 765 g/mol. The number of hydrogen-bond acceptors (Lipinski definition) is 4. The van der Waals surface area contributed by atoms with Crippen molar-refractivity contribution in [2.45, 2.75) is 0 Å². The van der Waals surface area contributed by atoms with E-state index in [4.69, 9.17) is 19.9 Å². The third kappa shape index (κ3) is 6.37. The molecule has 0 atom stereocenters. The summed E-state index contributed by atoms with van der Waals surface area (Å²) in [5, 5.41) is 4.37. The summed E-state index contributed by atoms with van der Waals surface area (Å²) in [6.45, 7) is 0. The predicted octanol–water partition coefficient (Wildman–Crippen LogP) is 14.4. The van der Waals surface area contributed by atoms with Gasteiger partial charge in [0.2, 0.25) is 0 Å². The molecule has 4 heteroatoms. The van der Waals surface area contributed by atoms with Crippen molar-refractivity contribution in [1.82, 2.24) is 19.9 Å². The molecule has 0 aliphatic heterocycles. The number of aromatic nitrogens is 4. The number of pyridine rings is 2. The summed E-state index contributed by atoms with van der Waals surface area (Å²) in [5.74, 6) is 0.695. The number of benzene rings is 8. The maximum absolute atomic E-state index is 5.44. The summed E-state index contributed by atoms with van der Waals surface area (Å²) in [4.78, 5) is 21.3. The van der Waals surface area contributed by atoms with Crippen molar-refractivity contribution in [3.05, 3.63) is 218 Å². The molecule has 0 unspecified atom stereocenters. The standard InChI is InChI=1S/C56H36N4/c1-6-16-38(17-7-1)48-35-32-43-30-34-47-46-33-31-45(36-49(46)58-54(51(47)55(43)57-48)42-22-12-4-13-23-42)37-26-28-39(29-27-37)50-52(40-18-8-2-9-19-40)59-56(44-24-14-5-15-25-44)60-53(50)41-20-10-3-11-21-41/h1-36H. The molecule has 11 aromatic rings. The zero-order valence-corrected chi connectivity index (χ0v) is 32.6. The van der Waals surface area contributed by atoms with E-state index in [2.05, 4.69) is 176 Å². The Morgan fingerprint density at radius 2 is 0.750 bits per heavy atom. The van der Waals surface area contributed by atoms with Gasteiger partial charge in [-0.05, 0) is 34.2 Å². The highest BCUT2D eigenvalue weighted by atomic mass is 14.9. The van der Waals surface area contributed by atoms with Crippen LogP contribution in [-0.4, -0.2) is 19.9 Å². The highest BCUT2D eigenvalue weighted by molar-refractivity contribution is 6.20. The van der Waals surface area contributed by atoms with Crippen molar-refractivity contribution in [2.75, 3.05) is 0 Å². The van der Waals surface area contributed by atoms with Gasteiger partial charge in [-0.25, -0.2) is 19.9 Å². The van der Waals surface area contributed by atoms with Crippen LogP contribution in [0.25, 0.3) is 111 Å². The quantitative estimate of drug-likeness (QED) is 0.152. The van der Waals surface area contributed by atoms with E-state index in [-0.39, 0.29) is 0 Å². The van der Waals surface area contributed by atoms with Crippen LogP contribution in [0.1, 0.15) is 0 Å². The second-order valence-electron chi connectivity index (χ2n) is 15.0. The maximum Gasteiger partial charge on any atom is 0.160 e. The molecule has 3 heterocycles. The van der Waals surface area contributed by atoms with Crippen LogP contribution >= 0.6 is 0 Å². The van der Waals surface area contributed by atoms with Gasteiger partial charge in [-0.3, -0.25) is 0 Å². The molecular weight excluding hydrogens is 729 g/mol. The second-order valence-corrected chi connectivity index (χ2v) is 15.0. The fourth-order valence-electron chi connectivity index (χ4n) is 8.32. The molecule has 11 rings (SSSR count). The summed E-state index contributed by atoms with van der Waals surface area (Å²) < 4.78 is 0. The highest BCUT2D eigenvalue weighted by Gasteiger charge is 2.21. The normalized spacial score (nSPS) is 11.3. The Morgan fingerprint density at radius 3 is 1.33 bits per heavy atom. The van der Waals surface area contributed by atoms with E-state index in [0.717, 1.165) is 105 Å². The molecule has 0 radical (unpaired) electrons. The molecule has 0 amide bonds. The van der Waals surface area contributed by atoms with Gasteiger partial charge < -0.3 is 0 Å². The van der Waals surface area contributed by atoms with Crippen LogP contribution in [0.3, 0.4) is 0 Å². The molecule has 280 valence electrons. The lowest BCUT2D eigenvalue weighted by Crippen LogP contribution is -2.00. The molecule has 4 nitrogen and oxygen atoms in total. The molecule has 0 N–H and O–H groups in total. The van der Waals surface area contributed by atoms with Gasteiger partial charge in [-0.1, -0.05) is 206 Å². The van der Waals surface area contributed by atoms with Gasteiger partial charge in [0.15, 0.2) is 5.82 Å². The third-order valence-corrected chi connectivity index (χ3v) is 11.3. The van der Waals surface area contributed by atoms with Crippen LogP contribution in [-0.2, 0) is 0 Å². The lowest BCUT2D eigenvalue weighted by molar-refractivity contribution is 1.18. The first-order valence-electron chi connectivity index (χ1n) is 20.2. The van der Waals surface area contributed by atoms with Crippen LogP contribution in [0.2, 0.25) is 0 Å². The van der Waals surface area contributed by atoms with Gasteiger partial charge in [-0.2, -0.15) is 0 Å². The first-order valence-corrected chi connectivity index (χ1v) is 20.2. The zero-order valence-electron chi connectivity index (χ0n) is 32.6. The number of hydrogen-bond donors (Lipinski definition) is 0. The summed E-state index contributed by atoms with van der Waals surface area (Å²) in [7, 11) is 0. The van der Waals surface area contributed by atoms with Gasteiger partial charge >= 0.3 is 0 Å². The van der Waals surface area contributed by atoms with Crippen molar-refractivity contribution in [1.29, 1.82) is 0 Å². The first kappa shape index (κ1) is 35.1. The molecule has 3 aromatic heterocycles. The van der Waals surface area contributed by atoms with Crippen LogP contribution < -0.4 is 0 Å². The summed E-state index contributed by atoms with van der Waals surface area (Å²) in [6.07, 6.45) is 0. The monoisotopic (exact) mass is 764 g/mol. The topological polar surface area (TPSA) is 51.6 Å². The van der Waals surface area contributed by atoms with Crippen molar-refractivity contribution in [3.8, 4) is 78.7 Å². The molecule has 0 bridgehead atoms. The van der Waals surface area contributed by atoms with Crippen molar-refractivity contribution in [2.24, 2.45) is 0 Å². The van der Waals surface area contributed by atoms with E-state index in [1.807, 2.05) is 42.5 Å². The molecular formula is C56H36N4. The zero-order chi connectivity index (χ0) is 39.8. The van der Waals surface area contributed by atoms with E-state index in [1.54, 1.807) is 0 Å². The van der Waals surface area contributed by atoms with Gasteiger partial charge in [-0.15, -0.1) is 0 Å². The fourth-order valence-corrected chi connectivity index (χ4v) is 8.32. The molecule has 0 saturated heterocycles. The Balaban J connectivity index is 1.06. The lowest BCUT2D eigenvalue weighted by Gasteiger charge is -2.17. The third-order valence-electron chi connectivity index (χ3n) is 11.3. The maximum atomic E-state index is 5.44. The lowest BCUT2D eigenvalue weighted by atomic mass is 9.92. The predicted molar refractivity (Wildman–Crippen MR) is 248 cm³/mol. The van der Waals surface area contributed by atoms with Gasteiger partial charge in [0.1, 0.15) is 0 Å². The Labute approximate surface area is 348 Å². The Kier molecular flexibility index (Phi) is 8.79. The van der Waals surface area contributed by atoms with E-state index < -0.39 is 0 Å². The van der Waals surface area contributed by atoms with Gasteiger partial charge in [0, 0.05) is 49.5 Å². The van der Waals surface area contributed by atoms with E-state index >= 15 is 0 Å². The molecule has 0 aliphatic rings. The summed E-state index contributed by atoms with van der Waals surface area (Å²) in [6, 6.07) is 76.0. The van der Waals surface area contributed by atoms with Crippen molar-refractivity contribution >= 4 is 32.6 Å². The Hall–Kier alpha value is -8.08. The Bertz CT molecular complexity index is 3260. The minimum absolute atomic E-state index is 0.695. The molecule has 60 heavy (non-hydrogen) atoms. The van der Waals surface area contributed by atoms with Crippen LogP contribution in [0.5, 0.6) is 0 Å². The van der Waals surface area contributed by atoms with Crippen LogP contribution in [0.4, 0.5) is 0 Å². The largest absolute Gasteiger partial charge is 0.247 e. The highest BCUT2D eigenvalue weighted by Crippen LogP contribution is 2.42. The van der Waals surface area contributed by atoms with E-state index in [1.165, 1.54) is 0 Å². The van der Waals surface area contributed by atoms with Crippen LogP contribution in [0, 0.1) is 0 Å².